The second kappa shape index (κ2) is 5.63. The summed E-state index contributed by atoms with van der Waals surface area (Å²) >= 11 is 0. The van der Waals surface area contributed by atoms with E-state index in [9.17, 15) is 9.59 Å². The van der Waals surface area contributed by atoms with Crippen molar-refractivity contribution in [1.29, 1.82) is 0 Å². The lowest BCUT2D eigenvalue weighted by molar-refractivity contribution is 0.0887. The first-order chi connectivity index (χ1) is 10.2. The summed E-state index contributed by atoms with van der Waals surface area (Å²) in [6.45, 7) is -0.0557. The van der Waals surface area contributed by atoms with E-state index in [1.54, 1.807) is 36.4 Å². The van der Waals surface area contributed by atoms with Gasteiger partial charge in [0, 0.05) is 10.9 Å². The molecule has 1 heterocycles. The van der Waals surface area contributed by atoms with Crippen LogP contribution in [0.15, 0.2) is 65.1 Å². The molecule has 0 aliphatic heterocycles. The van der Waals surface area contributed by atoms with Gasteiger partial charge in [-0.3, -0.25) is 9.59 Å². The first-order valence-corrected chi connectivity index (χ1v) is 6.59. The Labute approximate surface area is 121 Å². The van der Waals surface area contributed by atoms with E-state index in [2.05, 4.69) is 5.32 Å². The molecule has 0 aliphatic carbocycles. The van der Waals surface area contributed by atoms with E-state index < -0.39 is 5.91 Å². The molecule has 104 valence electrons. The number of carbonyl (C=O) groups excluding carboxylic acids is 2. The number of nitrogens with one attached hydrogen (secondary N) is 1. The van der Waals surface area contributed by atoms with Gasteiger partial charge in [0.25, 0.3) is 5.91 Å². The summed E-state index contributed by atoms with van der Waals surface area (Å²) in [5.74, 6) is -0.326. The number of benzene rings is 2. The van der Waals surface area contributed by atoms with Crippen molar-refractivity contribution >= 4 is 22.7 Å². The number of furan rings is 1. The maximum Gasteiger partial charge on any atom is 0.287 e. The fourth-order valence-corrected chi connectivity index (χ4v) is 2.07. The summed E-state index contributed by atoms with van der Waals surface area (Å²) in [6.07, 6.45) is 0. The van der Waals surface area contributed by atoms with Gasteiger partial charge in [0.1, 0.15) is 5.58 Å². The number of rotatable bonds is 4. The summed E-state index contributed by atoms with van der Waals surface area (Å²) in [6, 6.07) is 17.9. The Balaban J connectivity index is 1.68. The standard InChI is InChI=1S/C17H13NO3/c19-14(12-6-2-1-3-7-12)11-18-17(20)16-10-13-8-4-5-9-15(13)21-16/h1-10H,11H2,(H,18,20). The summed E-state index contributed by atoms with van der Waals surface area (Å²) < 4.78 is 5.44. The zero-order valence-corrected chi connectivity index (χ0v) is 11.2. The molecule has 0 unspecified atom stereocenters. The minimum atomic E-state index is -0.393. The van der Waals surface area contributed by atoms with Crippen molar-refractivity contribution in [2.75, 3.05) is 6.54 Å². The molecule has 0 radical (unpaired) electrons. The van der Waals surface area contributed by atoms with Gasteiger partial charge in [-0.2, -0.15) is 0 Å². The van der Waals surface area contributed by atoms with E-state index >= 15 is 0 Å². The van der Waals surface area contributed by atoms with Crippen molar-refractivity contribution in [3.05, 3.63) is 72.0 Å². The van der Waals surface area contributed by atoms with Gasteiger partial charge in [-0.25, -0.2) is 0 Å². The summed E-state index contributed by atoms with van der Waals surface area (Å²) in [7, 11) is 0. The van der Waals surface area contributed by atoms with Crippen LogP contribution in [0.1, 0.15) is 20.9 Å². The third-order valence-electron chi connectivity index (χ3n) is 3.15. The largest absolute Gasteiger partial charge is 0.451 e. The molecular weight excluding hydrogens is 266 g/mol. The van der Waals surface area contributed by atoms with E-state index in [1.807, 2.05) is 24.3 Å². The van der Waals surface area contributed by atoms with E-state index in [-0.39, 0.29) is 18.1 Å². The van der Waals surface area contributed by atoms with E-state index in [0.29, 0.717) is 11.1 Å². The monoisotopic (exact) mass is 279 g/mol. The van der Waals surface area contributed by atoms with E-state index in [1.165, 1.54) is 0 Å². The lowest BCUT2D eigenvalue weighted by Crippen LogP contribution is -2.29. The van der Waals surface area contributed by atoms with Crippen LogP contribution in [0.25, 0.3) is 11.0 Å². The number of para-hydroxylation sites is 1. The van der Waals surface area contributed by atoms with Gasteiger partial charge in [0.2, 0.25) is 0 Å². The number of hydrogen-bond donors (Lipinski definition) is 1. The van der Waals surface area contributed by atoms with Crippen molar-refractivity contribution < 1.29 is 14.0 Å². The fourth-order valence-electron chi connectivity index (χ4n) is 2.07. The van der Waals surface area contributed by atoms with Gasteiger partial charge in [0.05, 0.1) is 6.54 Å². The van der Waals surface area contributed by atoms with Gasteiger partial charge in [0.15, 0.2) is 11.5 Å². The molecule has 0 atom stereocenters. The molecule has 4 nitrogen and oxygen atoms in total. The van der Waals surface area contributed by atoms with Gasteiger partial charge in [-0.05, 0) is 12.1 Å². The van der Waals surface area contributed by atoms with Crippen molar-refractivity contribution in [2.24, 2.45) is 0 Å². The average Bonchev–Trinajstić information content (AvgIpc) is 2.97. The minimum absolute atomic E-state index is 0.0557. The van der Waals surface area contributed by atoms with Crippen molar-refractivity contribution in [2.45, 2.75) is 0 Å². The van der Waals surface area contributed by atoms with Crippen molar-refractivity contribution in [3.63, 3.8) is 0 Å². The molecule has 21 heavy (non-hydrogen) atoms. The van der Waals surface area contributed by atoms with E-state index in [0.717, 1.165) is 5.39 Å². The molecule has 3 aromatic rings. The highest BCUT2D eigenvalue weighted by atomic mass is 16.3. The lowest BCUT2D eigenvalue weighted by Gasteiger charge is -2.02. The molecule has 1 aromatic heterocycles. The highest BCUT2D eigenvalue weighted by Crippen LogP contribution is 2.18. The van der Waals surface area contributed by atoms with Crippen LogP contribution in [-0.2, 0) is 0 Å². The minimum Gasteiger partial charge on any atom is -0.451 e. The molecular formula is C17H13NO3. The molecule has 4 heteroatoms. The molecule has 0 saturated heterocycles. The smallest absolute Gasteiger partial charge is 0.287 e. The van der Waals surface area contributed by atoms with Crippen LogP contribution in [0, 0.1) is 0 Å². The Hall–Kier alpha value is -2.88. The third-order valence-corrected chi connectivity index (χ3v) is 3.15. The molecule has 1 N–H and O–H groups in total. The van der Waals surface area contributed by atoms with Gasteiger partial charge >= 0.3 is 0 Å². The normalized spacial score (nSPS) is 10.5. The molecule has 0 spiro atoms. The zero-order chi connectivity index (χ0) is 14.7. The summed E-state index contributed by atoms with van der Waals surface area (Å²) in [4.78, 5) is 23.9. The van der Waals surface area contributed by atoms with Crippen LogP contribution in [-0.4, -0.2) is 18.2 Å². The average molecular weight is 279 g/mol. The Morgan fingerprint density at radius 1 is 0.952 bits per heavy atom. The Morgan fingerprint density at radius 2 is 1.67 bits per heavy atom. The topological polar surface area (TPSA) is 59.3 Å². The number of fused-ring (bicyclic) bond motifs is 1. The van der Waals surface area contributed by atoms with Crippen LogP contribution in [0.5, 0.6) is 0 Å². The highest BCUT2D eigenvalue weighted by molar-refractivity contribution is 6.02. The van der Waals surface area contributed by atoms with E-state index in [4.69, 9.17) is 4.42 Å². The third kappa shape index (κ3) is 2.84. The van der Waals surface area contributed by atoms with Crippen LogP contribution < -0.4 is 5.32 Å². The Bertz CT molecular complexity index is 757. The SMILES string of the molecule is O=C(CNC(=O)c1cc2ccccc2o1)c1ccccc1. The quantitative estimate of drug-likeness (QED) is 0.747. The van der Waals surface area contributed by atoms with Crippen molar-refractivity contribution in [3.8, 4) is 0 Å². The van der Waals surface area contributed by atoms with Crippen LogP contribution in [0.2, 0.25) is 0 Å². The van der Waals surface area contributed by atoms with Gasteiger partial charge in [-0.15, -0.1) is 0 Å². The number of amides is 1. The first kappa shape index (κ1) is 13.1. The number of ketones is 1. The Kier molecular flexibility index (Phi) is 3.51. The Morgan fingerprint density at radius 3 is 2.43 bits per heavy atom. The molecule has 3 rings (SSSR count). The highest BCUT2D eigenvalue weighted by Gasteiger charge is 2.13. The predicted octanol–water partition coefficient (Wildman–Crippen LogP) is 3.05. The fraction of sp³-hybridized carbons (Fsp3) is 0.0588. The van der Waals surface area contributed by atoms with Crippen LogP contribution >= 0.6 is 0 Å². The second-order valence-electron chi connectivity index (χ2n) is 4.62. The lowest BCUT2D eigenvalue weighted by atomic mass is 10.1. The number of hydrogen-bond acceptors (Lipinski definition) is 3. The summed E-state index contributed by atoms with van der Waals surface area (Å²) in [5, 5.41) is 3.43. The molecule has 1 amide bonds. The van der Waals surface area contributed by atoms with Gasteiger partial charge < -0.3 is 9.73 Å². The van der Waals surface area contributed by atoms with Crippen molar-refractivity contribution in [1.82, 2.24) is 5.32 Å². The molecule has 0 saturated carbocycles. The second-order valence-corrected chi connectivity index (χ2v) is 4.62. The van der Waals surface area contributed by atoms with Gasteiger partial charge in [-0.1, -0.05) is 48.5 Å². The van der Waals surface area contributed by atoms with Crippen LogP contribution in [0.3, 0.4) is 0 Å². The first-order valence-electron chi connectivity index (χ1n) is 6.59. The maximum absolute atomic E-state index is 12.0. The molecule has 2 aromatic carbocycles. The summed E-state index contributed by atoms with van der Waals surface area (Å²) in [5.41, 5.74) is 1.22. The van der Waals surface area contributed by atoms with Crippen LogP contribution in [0.4, 0.5) is 0 Å². The molecule has 0 fully saturated rings. The maximum atomic E-state index is 12.0. The molecule has 0 bridgehead atoms. The number of Topliss-reactive ketones (excluding diaryl/α,β-unsaturated/α-hetero) is 1. The number of carbonyl (C=O) groups is 2. The predicted molar refractivity (Wildman–Crippen MR) is 79.3 cm³/mol. The zero-order valence-electron chi connectivity index (χ0n) is 11.2. The molecule has 0 aliphatic rings.